The first-order valence-electron chi connectivity index (χ1n) is 13.5. The van der Waals surface area contributed by atoms with Gasteiger partial charge in [-0.15, -0.1) is 11.3 Å². The van der Waals surface area contributed by atoms with Crippen LogP contribution in [0, 0.1) is 11.8 Å². The molecule has 11 heteroatoms. The first kappa shape index (κ1) is 24.1. The molecule has 1 saturated heterocycles. The second-order valence-electron chi connectivity index (χ2n) is 11.5. The number of hydrogen-bond acceptors (Lipinski definition) is 8. The molecule has 0 spiro atoms. The molecule has 4 atom stereocenters. The standard InChI is InChI=1S/C27H32N6O4S/c1-14(34)25(35)33-11-15-8-17(9-16(15)12-33)30-21-18-2-6-28-23(18)29-10-19(21)24-31-20-3-7-32(13-27(37)4-5-27)26(36)22(20)38-24/h2,6,10,14-17,34,37H,3-5,7-9,11-13H2,1H3,(H2,28,29,30)/t14-,15-,16+,17?/m0/s1. The van der Waals surface area contributed by atoms with Crippen LogP contribution in [0.1, 0.15) is 48.0 Å². The molecule has 4 aliphatic rings. The van der Waals surface area contributed by atoms with Gasteiger partial charge in [-0.25, -0.2) is 9.97 Å². The smallest absolute Gasteiger partial charge is 0.265 e. The Hall–Kier alpha value is -3.02. The molecule has 0 aromatic carbocycles. The van der Waals surface area contributed by atoms with Crippen molar-refractivity contribution in [3.63, 3.8) is 0 Å². The second-order valence-corrected chi connectivity index (χ2v) is 12.5. The summed E-state index contributed by atoms with van der Waals surface area (Å²) in [7, 11) is 0. The number of aliphatic hydroxyl groups excluding tert-OH is 1. The van der Waals surface area contributed by atoms with Crippen LogP contribution < -0.4 is 5.32 Å². The summed E-state index contributed by atoms with van der Waals surface area (Å²) in [4.78, 5) is 42.5. The van der Waals surface area contributed by atoms with Gasteiger partial charge in [0.05, 0.1) is 22.5 Å². The number of rotatable bonds is 6. The summed E-state index contributed by atoms with van der Waals surface area (Å²) in [6, 6.07) is 2.27. The maximum atomic E-state index is 13.2. The molecule has 7 rings (SSSR count). The first-order chi connectivity index (χ1) is 18.3. The molecular formula is C27H32N6O4S. The van der Waals surface area contributed by atoms with E-state index in [4.69, 9.17) is 4.98 Å². The Bertz CT molecular complexity index is 1410. The summed E-state index contributed by atoms with van der Waals surface area (Å²) in [6.45, 7) is 3.90. The number of H-pyrrole nitrogens is 1. The SMILES string of the molecule is C[C@H](O)C(=O)N1C[C@H]2CC(Nc3c(-c4nc5c(s4)C(=O)N(CC4(O)CC4)CC5)cnc4[nH]ccc34)C[C@H]2C1. The Labute approximate surface area is 224 Å². The number of amides is 2. The fourth-order valence-corrected chi connectivity index (χ4v) is 7.59. The summed E-state index contributed by atoms with van der Waals surface area (Å²) in [5, 5.41) is 25.6. The molecule has 3 fully saturated rings. The van der Waals surface area contributed by atoms with Crippen molar-refractivity contribution in [2.75, 3.05) is 31.5 Å². The highest BCUT2D eigenvalue weighted by Crippen LogP contribution is 2.43. The lowest BCUT2D eigenvalue weighted by Crippen LogP contribution is -2.42. The van der Waals surface area contributed by atoms with Crippen molar-refractivity contribution in [3.05, 3.63) is 29.0 Å². The zero-order chi connectivity index (χ0) is 26.2. The maximum absolute atomic E-state index is 13.2. The predicted molar refractivity (Wildman–Crippen MR) is 143 cm³/mol. The summed E-state index contributed by atoms with van der Waals surface area (Å²) < 4.78 is 0. The van der Waals surface area contributed by atoms with E-state index >= 15 is 0 Å². The topological polar surface area (TPSA) is 135 Å². The third-order valence-electron chi connectivity index (χ3n) is 8.70. The van der Waals surface area contributed by atoms with Crippen LogP contribution in [0.4, 0.5) is 5.69 Å². The summed E-state index contributed by atoms with van der Waals surface area (Å²) in [5.41, 5.74) is 2.78. The van der Waals surface area contributed by atoms with Gasteiger partial charge < -0.3 is 30.3 Å². The quantitative estimate of drug-likeness (QED) is 0.380. The van der Waals surface area contributed by atoms with Crippen molar-refractivity contribution in [2.24, 2.45) is 11.8 Å². The number of aromatic amines is 1. The molecule has 1 unspecified atom stereocenters. The van der Waals surface area contributed by atoms with E-state index < -0.39 is 11.7 Å². The van der Waals surface area contributed by atoms with E-state index in [9.17, 15) is 19.8 Å². The maximum Gasteiger partial charge on any atom is 0.265 e. The minimum absolute atomic E-state index is 0.0413. The number of fused-ring (bicyclic) bond motifs is 3. The lowest BCUT2D eigenvalue weighted by molar-refractivity contribution is -0.138. The fourth-order valence-electron chi connectivity index (χ4n) is 6.49. The van der Waals surface area contributed by atoms with Crippen LogP contribution in [0.5, 0.6) is 0 Å². The number of anilines is 1. The Morgan fingerprint density at radius 2 is 2.08 bits per heavy atom. The van der Waals surface area contributed by atoms with Crippen molar-refractivity contribution in [1.82, 2.24) is 24.8 Å². The van der Waals surface area contributed by atoms with Gasteiger partial charge in [0.15, 0.2) is 0 Å². The van der Waals surface area contributed by atoms with Crippen LogP contribution in [-0.2, 0) is 11.2 Å². The largest absolute Gasteiger partial charge is 0.388 e. The lowest BCUT2D eigenvalue weighted by Gasteiger charge is -2.28. The average Bonchev–Trinajstić information content (AvgIpc) is 3.37. The minimum atomic E-state index is -0.953. The Balaban J connectivity index is 1.14. The van der Waals surface area contributed by atoms with Gasteiger partial charge in [0.2, 0.25) is 0 Å². The number of hydrogen-bond donors (Lipinski definition) is 4. The highest BCUT2D eigenvalue weighted by Gasteiger charge is 2.45. The monoisotopic (exact) mass is 536 g/mol. The van der Waals surface area contributed by atoms with Crippen LogP contribution >= 0.6 is 11.3 Å². The molecule has 4 N–H and O–H groups in total. The van der Waals surface area contributed by atoms with E-state index in [1.807, 2.05) is 18.5 Å². The predicted octanol–water partition coefficient (Wildman–Crippen LogP) is 2.24. The van der Waals surface area contributed by atoms with Crippen molar-refractivity contribution >= 4 is 39.9 Å². The Kier molecular flexibility index (Phi) is 5.54. The number of nitrogens with zero attached hydrogens (tertiary/aromatic N) is 4. The number of β-amino-alcohol motifs (C(OH)–C–C–N with tert-alkyl or cyclic N) is 1. The van der Waals surface area contributed by atoms with E-state index in [0.29, 0.717) is 49.3 Å². The highest BCUT2D eigenvalue weighted by atomic mass is 32.1. The molecule has 2 aliphatic carbocycles. The summed E-state index contributed by atoms with van der Waals surface area (Å²) >= 11 is 1.41. The summed E-state index contributed by atoms with van der Waals surface area (Å²) in [5.74, 6) is 0.612. The Morgan fingerprint density at radius 1 is 1.32 bits per heavy atom. The highest BCUT2D eigenvalue weighted by molar-refractivity contribution is 7.17. The molecule has 200 valence electrons. The molecule has 2 amide bonds. The normalized spacial score (nSPS) is 26.5. The van der Waals surface area contributed by atoms with Crippen molar-refractivity contribution in [2.45, 2.75) is 56.8 Å². The van der Waals surface area contributed by atoms with Crippen molar-refractivity contribution in [1.29, 1.82) is 0 Å². The number of thiazole rings is 1. The van der Waals surface area contributed by atoms with Crippen LogP contribution in [-0.4, -0.2) is 90.7 Å². The molecule has 3 aromatic rings. The minimum Gasteiger partial charge on any atom is -0.388 e. The van der Waals surface area contributed by atoms with Crippen LogP contribution in [0.2, 0.25) is 0 Å². The number of carbonyl (C=O) groups is 2. The first-order valence-corrected chi connectivity index (χ1v) is 14.3. The number of carbonyl (C=O) groups excluding carboxylic acids is 2. The molecule has 10 nitrogen and oxygen atoms in total. The van der Waals surface area contributed by atoms with Crippen molar-refractivity contribution in [3.8, 4) is 10.6 Å². The number of aromatic nitrogens is 3. The molecule has 5 heterocycles. The van der Waals surface area contributed by atoms with Gasteiger partial charge in [0.1, 0.15) is 21.6 Å². The van der Waals surface area contributed by atoms with E-state index in [1.54, 1.807) is 9.80 Å². The summed E-state index contributed by atoms with van der Waals surface area (Å²) in [6.07, 6.45) is 6.86. The molecule has 0 radical (unpaired) electrons. The lowest BCUT2D eigenvalue weighted by atomic mass is 10.0. The molecule has 0 bridgehead atoms. The van der Waals surface area contributed by atoms with Gasteiger partial charge in [-0.05, 0) is 50.5 Å². The molecular weight excluding hydrogens is 504 g/mol. The third kappa shape index (κ3) is 4.07. The van der Waals surface area contributed by atoms with E-state index in [0.717, 1.165) is 58.7 Å². The van der Waals surface area contributed by atoms with Crippen LogP contribution in [0.25, 0.3) is 21.6 Å². The number of aliphatic hydroxyl groups is 2. The van der Waals surface area contributed by atoms with Gasteiger partial charge in [-0.1, -0.05) is 0 Å². The van der Waals surface area contributed by atoms with Crippen LogP contribution in [0.15, 0.2) is 18.5 Å². The molecule has 3 aromatic heterocycles. The third-order valence-corrected chi connectivity index (χ3v) is 9.81. The van der Waals surface area contributed by atoms with Gasteiger partial charge in [0.25, 0.3) is 11.8 Å². The molecule has 2 aliphatic heterocycles. The van der Waals surface area contributed by atoms with E-state index in [1.165, 1.54) is 18.3 Å². The van der Waals surface area contributed by atoms with Gasteiger partial charge >= 0.3 is 0 Å². The fraction of sp³-hybridized carbons (Fsp3) is 0.556. The number of nitrogens with one attached hydrogen (secondary N) is 2. The van der Waals surface area contributed by atoms with Gasteiger partial charge in [-0.3, -0.25) is 9.59 Å². The molecule has 2 saturated carbocycles. The van der Waals surface area contributed by atoms with Crippen LogP contribution in [0.3, 0.4) is 0 Å². The molecule has 38 heavy (non-hydrogen) atoms. The average molecular weight is 537 g/mol. The van der Waals surface area contributed by atoms with E-state index in [-0.39, 0.29) is 17.9 Å². The zero-order valence-electron chi connectivity index (χ0n) is 21.3. The number of pyridine rings is 1. The number of likely N-dealkylation sites (tertiary alicyclic amines) is 1. The second kappa shape index (κ2) is 8.75. The Morgan fingerprint density at radius 3 is 2.79 bits per heavy atom. The van der Waals surface area contributed by atoms with Gasteiger partial charge in [0, 0.05) is 56.4 Å². The zero-order valence-corrected chi connectivity index (χ0v) is 22.1. The van der Waals surface area contributed by atoms with Gasteiger partial charge in [-0.2, -0.15) is 0 Å². The van der Waals surface area contributed by atoms with E-state index in [2.05, 4.69) is 15.3 Å². The van der Waals surface area contributed by atoms with Crippen molar-refractivity contribution < 1.29 is 19.8 Å².